The molecule has 3 unspecified atom stereocenters. The van der Waals surface area contributed by atoms with Crippen LogP contribution in [-0.2, 0) is 44.4 Å². The lowest BCUT2D eigenvalue weighted by molar-refractivity contribution is -0.203. The zero-order chi connectivity index (χ0) is 33.6. The SMILES string of the molecule is COC(=O)CCCC=CC[C@@H]1[C@@H](C=C[C@H](CCc2cc(Br)c(C)s2)OC2CCCCO2)[C@H](OC2CCCCO2)C[C@@H]1OC1CCCCO1. The highest BCUT2D eigenvalue weighted by molar-refractivity contribution is 9.10. The Bertz CT molecular complexity index is 1120. The Morgan fingerprint density at radius 3 is 2.23 bits per heavy atom. The number of ether oxygens (including phenoxy) is 7. The molecule has 0 aromatic carbocycles. The highest BCUT2D eigenvalue weighted by Gasteiger charge is 2.45. The van der Waals surface area contributed by atoms with E-state index in [4.69, 9.17) is 33.2 Å². The monoisotopic (exact) mass is 752 g/mol. The van der Waals surface area contributed by atoms with E-state index in [0.717, 1.165) is 116 Å². The van der Waals surface area contributed by atoms with Crippen molar-refractivity contribution in [3.63, 3.8) is 0 Å². The third kappa shape index (κ3) is 12.3. The van der Waals surface area contributed by atoms with Crippen LogP contribution in [0.15, 0.2) is 34.8 Å². The van der Waals surface area contributed by atoms with Gasteiger partial charge in [0.15, 0.2) is 18.9 Å². The first-order valence-corrected chi connectivity index (χ1v) is 20.1. The second-order valence-electron chi connectivity index (χ2n) is 13.6. The first-order chi connectivity index (χ1) is 23.5. The normalized spacial score (nSPS) is 30.7. The number of hydrogen-bond acceptors (Lipinski definition) is 9. The van der Waals surface area contributed by atoms with Crippen LogP contribution in [0, 0.1) is 18.8 Å². The van der Waals surface area contributed by atoms with Crippen LogP contribution >= 0.6 is 27.3 Å². The van der Waals surface area contributed by atoms with Gasteiger partial charge in [0.25, 0.3) is 0 Å². The van der Waals surface area contributed by atoms with Crippen molar-refractivity contribution in [3.8, 4) is 0 Å². The lowest BCUT2D eigenvalue weighted by Gasteiger charge is -2.30. The molecule has 3 saturated heterocycles. The van der Waals surface area contributed by atoms with Crippen LogP contribution in [0.25, 0.3) is 0 Å². The third-order valence-electron chi connectivity index (χ3n) is 9.95. The Morgan fingerprint density at radius 1 is 0.958 bits per heavy atom. The highest BCUT2D eigenvalue weighted by atomic mass is 79.9. The predicted octanol–water partition coefficient (Wildman–Crippen LogP) is 8.97. The maximum Gasteiger partial charge on any atom is 0.305 e. The van der Waals surface area contributed by atoms with E-state index < -0.39 is 0 Å². The predicted molar refractivity (Wildman–Crippen MR) is 191 cm³/mol. The molecule has 0 bridgehead atoms. The summed E-state index contributed by atoms with van der Waals surface area (Å²) < 4.78 is 44.4. The summed E-state index contributed by atoms with van der Waals surface area (Å²) in [5.74, 6) is 0.174. The molecule has 10 heteroatoms. The van der Waals surface area contributed by atoms with E-state index in [0.29, 0.717) is 6.42 Å². The zero-order valence-corrected chi connectivity index (χ0v) is 31.4. The number of thiophene rings is 1. The van der Waals surface area contributed by atoms with Gasteiger partial charge in [-0.25, -0.2) is 0 Å². The van der Waals surface area contributed by atoms with Crippen molar-refractivity contribution < 1.29 is 38.0 Å². The summed E-state index contributed by atoms with van der Waals surface area (Å²) in [4.78, 5) is 14.3. The Morgan fingerprint density at radius 2 is 1.62 bits per heavy atom. The van der Waals surface area contributed by atoms with Gasteiger partial charge >= 0.3 is 5.97 Å². The largest absolute Gasteiger partial charge is 0.469 e. The molecule has 0 amide bonds. The van der Waals surface area contributed by atoms with Crippen molar-refractivity contribution in [2.24, 2.45) is 11.8 Å². The van der Waals surface area contributed by atoms with Crippen LogP contribution in [-0.4, -0.2) is 70.1 Å². The van der Waals surface area contributed by atoms with Crippen LogP contribution in [0.1, 0.15) is 106 Å². The first kappa shape index (κ1) is 38.1. The molecule has 270 valence electrons. The summed E-state index contributed by atoms with van der Waals surface area (Å²) in [6.45, 7) is 4.42. The third-order valence-corrected chi connectivity index (χ3v) is 12.1. The van der Waals surface area contributed by atoms with E-state index >= 15 is 0 Å². The lowest BCUT2D eigenvalue weighted by atomic mass is 9.89. The van der Waals surface area contributed by atoms with Crippen molar-refractivity contribution in [2.75, 3.05) is 26.9 Å². The molecule has 0 N–H and O–H groups in total. The number of carbonyl (C=O) groups is 1. The van der Waals surface area contributed by atoms with E-state index in [1.54, 1.807) is 0 Å². The molecule has 8 atom stereocenters. The molecule has 1 aliphatic carbocycles. The summed E-state index contributed by atoms with van der Waals surface area (Å²) in [6, 6.07) is 2.24. The van der Waals surface area contributed by atoms with Gasteiger partial charge in [0.1, 0.15) is 0 Å². The number of carbonyl (C=O) groups excluding carboxylic acids is 1. The average molecular weight is 754 g/mol. The summed E-state index contributed by atoms with van der Waals surface area (Å²) in [5.41, 5.74) is 0. The van der Waals surface area contributed by atoms with Gasteiger partial charge in [0.2, 0.25) is 0 Å². The van der Waals surface area contributed by atoms with Gasteiger partial charge in [-0.3, -0.25) is 4.79 Å². The Balaban J connectivity index is 1.34. The van der Waals surface area contributed by atoms with E-state index in [-0.39, 0.29) is 55.0 Å². The maximum absolute atomic E-state index is 11.6. The number of halogens is 1. The van der Waals surface area contributed by atoms with E-state index in [2.05, 4.69) is 53.2 Å². The number of esters is 1. The molecular weight excluding hydrogens is 696 g/mol. The van der Waals surface area contributed by atoms with E-state index in [9.17, 15) is 4.79 Å². The second-order valence-corrected chi connectivity index (χ2v) is 15.8. The summed E-state index contributed by atoms with van der Waals surface area (Å²) in [5, 5.41) is 0. The quantitative estimate of drug-likeness (QED) is 0.0887. The second kappa shape index (κ2) is 20.7. The van der Waals surface area contributed by atoms with Crippen molar-refractivity contribution in [1.29, 1.82) is 0 Å². The van der Waals surface area contributed by atoms with Gasteiger partial charge in [0.05, 0.1) is 25.4 Å². The van der Waals surface area contributed by atoms with Crippen LogP contribution in [0.4, 0.5) is 0 Å². The van der Waals surface area contributed by atoms with E-state index in [1.165, 1.54) is 21.3 Å². The minimum atomic E-state index is -0.179. The number of hydrogen-bond donors (Lipinski definition) is 0. The van der Waals surface area contributed by atoms with Crippen LogP contribution in [0.3, 0.4) is 0 Å². The van der Waals surface area contributed by atoms with Gasteiger partial charge in [0, 0.05) is 52.8 Å². The Hall–Kier alpha value is -1.11. The van der Waals surface area contributed by atoms with Crippen molar-refractivity contribution in [3.05, 3.63) is 44.6 Å². The van der Waals surface area contributed by atoms with Crippen molar-refractivity contribution >= 4 is 33.2 Å². The van der Waals surface area contributed by atoms with Crippen LogP contribution in [0.2, 0.25) is 0 Å². The van der Waals surface area contributed by atoms with E-state index in [1.807, 2.05) is 11.3 Å². The van der Waals surface area contributed by atoms with Gasteiger partial charge in [-0.2, -0.15) is 0 Å². The first-order valence-electron chi connectivity index (χ1n) is 18.4. The minimum Gasteiger partial charge on any atom is -0.469 e. The smallest absolute Gasteiger partial charge is 0.305 e. The highest BCUT2D eigenvalue weighted by Crippen LogP contribution is 2.42. The Kier molecular flexibility index (Phi) is 16.4. The summed E-state index contributed by atoms with van der Waals surface area (Å²) in [7, 11) is 1.44. The fourth-order valence-corrected chi connectivity index (χ4v) is 8.85. The van der Waals surface area contributed by atoms with Gasteiger partial charge < -0.3 is 33.2 Å². The average Bonchev–Trinajstić information content (AvgIpc) is 3.61. The molecule has 1 aromatic heterocycles. The summed E-state index contributed by atoms with van der Waals surface area (Å²) in [6.07, 6.45) is 23.5. The molecule has 48 heavy (non-hydrogen) atoms. The Labute approximate surface area is 300 Å². The van der Waals surface area contributed by atoms with Gasteiger partial charge in [-0.15, -0.1) is 11.3 Å². The molecule has 4 aliphatic rings. The molecule has 4 fully saturated rings. The molecular formula is C38H57BrO8S. The number of rotatable bonds is 17. The molecule has 3 aliphatic heterocycles. The zero-order valence-electron chi connectivity index (χ0n) is 29.0. The fraction of sp³-hybridized carbons (Fsp3) is 0.763. The van der Waals surface area contributed by atoms with Crippen molar-refractivity contribution in [1.82, 2.24) is 0 Å². The number of aryl methyl sites for hydroxylation is 2. The number of unbranched alkanes of at least 4 members (excludes halogenated alkanes) is 1. The van der Waals surface area contributed by atoms with Crippen molar-refractivity contribution in [2.45, 2.75) is 147 Å². The fourth-order valence-electron chi connectivity index (χ4n) is 7.23. The number of allylic oxidation sites excluding steroid dienone is 2. The molecule has 1 aromatic rings. The minimum absolute atomic E-state index is 0.00329. The molecule has 0 radical (unpaired) electrons. The number of methoxy groups -OCH3 is 1. The van der Waals surface area contributed by atoms with Gasteiger partial charge in [-0.05, 0) is 125 Å². The topological polar surface area (TPSA) is 81.7 Å². The molecule has 5 rings (SSSR count). The molecule has 1 saturated carbocycles. The maximum atomic E-state index is 11.6. The molecule has 8 nitrogen and oxygen atoms in total. The van der Waals surface area contributed by atoms with Gasteiger partial charge in [-0.1, -0.05) is 24.3 Å². The summed E-state index contributed by atoms with van der Waals surface area (Å²) >= 11 is 5.54. The lowest BCUT2D eigenvalue weighted by Crippen LogP contribution is -2.31. The van der Waals surface area contributed by atoms with Crippen LogP contribution < -0.4 is 0 Å². The molecule has 4 heterocycles. The van der Waals surface area contributed by atoms with Crippen LogP contribution in [0.5, 0.6) is 0 Å². The standard InChI is InChI=1S/C38H57BrO8S/c1-27-32(39)25-29(48-27)20-18-28(45-36-15-7-10-22-42-36)19-21-31-30(13-5-3-4-6-14-35(40)41-2)33(46-37-16-8-11-23-43-37)26-34(31)47-38-17-9-12-24-44-38/h3,5,19,21,25,28,30-31,33-34,36-38H,4,6-18,20,22-24,26H2,1-2H3/t28-,30+,31+,33-,34+,36?,37?,38?/m0/s1. The molecule has 0 spiro atoms.